The Morgan fingerprint density at radius 3 is 2.11 bits per heavy atom. The molecule has 0 bridgehead atoms. The third kappa shape index (κ3) is 4.96. The number of hydrogen-bond donors (Lipinski definition) is 2. The summed E-state index contributed by atoms with van der Waals surface area (Å²) >= 11 is 0. The first-order valence-electron chi connectivity index (χ1n) is 10.3. The molecule has 1 aliphatic heterocycles. The normalized spacial score (nSPS) is 17.3. The van der Waals surface area contributed by atoms with Crippen molar-refractivity contribution in [2.24, 2.45) is 10.7 Å². The van der Waals surface area contributed by atoms with E-state index in [1.165, 1.54) is 4.90 Å². The molecule has 0 saturated heterocycles. The van der Waals surface area contributed by atoms with E-state index in [4.69, 9.17) is 20.4 Å². The zero-order valence-corrected chi connectivity index (χ0v) is 18.8. The fourth-order valence-corrected chi connectivity index (χ4v) is 3.66. The van der Waals surface area contributed by atoms with E-state index in [0.717, 1.165) is 28.0 Å². The lowest BCUT2D eigenvalue weighted by Gasteiger charge is -2.26. The van der Waals surface area contributed by atoms with Gasteiger partial charge in [-0.15, -0.1) is 0 Å². The number of nitrogens with zero attached hydrogens (tertiary/aromatic N) is 2. The van der Waals surface area contributed by atoms with E-state index >= 15 is 0 Å². The van der Waals surface area contributed by atoms with Gasteiger partial charge in [0.25, 0.3) is 5.91 Å². The largest absolute Gasteiger partial charge is 0.496 e. The number of aliphatic carboxylic acids is 1. The molecule has 182 valence electrons. The Labute approximate surface area is 199 Å². The van der Waals surface area contributed by atoms with Gasteiger partial charge >= 0.3 is 12.1 Å². The summed E-state index contributed by atoms with van der Waals surface area (Å²) in [6.07, 6.45) is -5.08. The highest BCUT2D eigenvalue weighted by molar-refractivity contribution is 6.09. The van der Waals surface area contributed by atoms with Crippen molar-refractivity contribution in [3.05, 3.63) is 90.0 Å². The number of carboxylic acid groups (broad SMARTS) is 1. The van der Waals surface area contributed by atoms with Crippen molar-refractivity contribution >= 4 is 17.8 Å². The highest BCUT2D eigenvalue weighted by Gasteiger charge is 2.49. The van der Waals surface area contributed by atoms with Crippen molar-refractivity contribution in [1.29, 1.82) is 0 Å². The van der Waals surface area contributed by atoms with Crippen molar-refractivity contribution in [1.82, 2.24) is 4.90 Å². The molecule has 0 saturated carbocycles. The van der Waals surface area contributed by atoms with Crippen LogP contribution >= 0.6 is 0 Å². The number of hydrogen-bond acceptors (Lipinski definition) is 5. The molecule has 3 N–H and O–H groups in total. The third-order valence-corrected chi connectivity index (χ3v) is 5.37. The van der Waals surface area contributed by atoms with Crippen molar-refractivity contribution in [2.45, 2.75) is 11.7 Å². The first-order chi connectivity index (χ1) is 16.5. The SMILES string of the molecule is COc1ccccc1-c1cccc(C2(c3ccccc3)N=C(N)N(C)C2=O)c1.O=C(O)C(F)(F)F. The second-order valence-corrected chi connectivity index (χ2v) is 7.49. The van der Waals surface area contributed by atoms with Crippen LogP contribution in [0.4, 0.5) is 13.2 Å². The zero-order valence-electron chi connectivity index (χ0n) is 18.8. The number of alkyl halides is 3. The maximum atomic E-state index is 13.3. The highest BCUT2D eigenvalue weighted by atomic mass is 19.4. The van der Waals surface area contributed by atoms with E-state index in [1.807, 2.05) is 78.9 Å². The van der Waals surface area contributed by atoms with Gasteiger partial charge in [0, 0.05) is 12.6 Å². The summed E-state index contributed by atoms with van der Waals surface area (Å²) in [4.78, 5) is 28.3. The highest BCUT2D eigenvalue weighted by Crippen LogP contribution is 2.41. The lowest BCUT2D eigenvalue weighted by Crippen LogP contribution is -2.41. The third-order valence-electron chi connectivity index (χ3n) is 5.37. The molecule has 10 heteroatoms. The molecule has 35 heavy (non-hydrogen) atoms. The number of aliphatic imine (C=N–C) groups is 1. The number of likely N-dealkylation sites (N-methyl/N-ethyl adjacent to an activating group) is 1. The maximum absolute atomic E-state index is 13.3. The number of guanidine groups is 1. The lowest BCUT2D eigenvalue weighted by atomic mass is 9.81. The van der Waals surface area contributed by atoms with Crippen LogP contribution in [0.2, 0.25) is 0 Å². The van der Waals surface area contributed by atoms with Gasteiger partial charge in [-0.2, -0.15) is 13.2 Å². The molecule has 0 spiro atoms. The summed E-state index contributed by atoms with van der Waals surface area (Å²) in [5.74, 6) is -1.95. The van der Waals surface area contributed by atoms with E-state index in [2.05, 4.69) is 4.99 Å². The maximum Gasteiger partial charge on any atom is 0.490 e. The smallest absolute Gasteiger partial charge is 0.490 e. The van der Waals surface area contributed by atoms with E-state index in [9.17, 15) is 18.0 Å². The predicted octanol–water partition coefficient (Wildman–Crippen LogP) is 4.03. The van der Waals surface area contributed by atoms with Gasteiger partial charge in [-0.25, -0.2) is 9.79 Å². The van der Waals surface area contributed by atoms with Gasteiger partial charge in [0.2, 0.25) is 0 Å². The van der Waals surface area contributed by atoms with Gasteiger partial charge < -0.3 is 15.6 Å². The second-order valence-electron chi connectivity index (χ2n) is 7.49. The minimum absolute atomic E-state index is 0.173. The van der Waals surface area contributed by atoms with Crippen LogP contribution in [-0.2, 0) is 15.1 Å². The first-order valence-corrected chi connectivity index (χ1v) is 10.3. The van der Waals surface area contributed by atoms with Crippen molar-refractivity contribution in [3.63, 3.8) is 0 Å². The van der Waals surface area contributed by atoms with Crippen molar-refractivity contribution in [3.8, 4) is 16.9 Å². The molecule has 1 heterocycles. The number of ether oxygens (including phenoxy) is 1. The van der Waals surface area contributed by atoms with Crippen LogP contribution in [0.1, 0.15) is 11.1 Å². The van der Waals surface area contributed by atoms with E-state index in [1.54, 1.807) is 14.2 Å². The number of para-hydroxylation sites is 1. The molecule has 4 rings (SSSR count). The van der Waals surface area contributed by atoms with E-state index in [-0.39, 0.29) is 11.9 Å². The molecule has 7 nitrogen and oxygen atoms in total. The molecule has 3 aromatic rings. The lowest BCUT2D eigenvalue weighted by molar-refractivity contribution is -0.192. The Balaban J connectivity index is 0.000000429. The van der Waals surface area contributed by atoms with E-state index < -0.39 is 17.7 Å². The standard InChI is InChI=1S/C23H21N3O2.C2HF3O2/c1-26-21(27)23(25-22(26)24,17-10-4-3-5-11-17)18-12-8-9-16(15-18)19-13-6-7-14-20(19)28-2;3-2(4,5)1(6)7/h3-15H,1-2H3,(H2,24,25);(H,6,7). The Bertz CT molecular complexity index is 1260. The number of carboxylic acids is 1. The number of nitrogens with two attached hydrogens (primary N) is 1. The van der Waals surface area contributed by atoms with Gasteiger partial charge in [-0.1, -0.05) is 66.7 Å². The fourth-order valence-electron chi connectivity index (χ4n) is 3.66. The van der Waals surface area contributed by atoms with Gasteiger partial charge in [0.05, 0.1) is 7.11 Å². The number of halogens is 3. The molecular formula is C25H22F3N3O4. The Hall–Kier alpha value is -4.34. The average Bonchev–Trinajstić information content (AvgIpc) is 3.09. The number of rotatable bonds is 4. The Morgan fingerprint density at radius 2 is 1.57 bits per heavy atom. The second kappa shape index (κ2) is 9.88. The fraction of sp³-hybridized carbons (Fsp3) is 0.160. The number of amides is 1. The summed E-state index contributed by atoms with van der Waals surface area (Å²) < 4.78 is 37.2. The van der Waals surface area contributed by atoms with Crippen LogP contribution in [-0.4, -0.2) is 48.2 Å². The minimum Gasteiger partial charge on any atom is -0.496 e. The van der Waals surface area contributed by atoms with Crippen molar-refractivity contribution < 1.29 is 32.6 Å². The summed E-state index contributed by atoms with van der Waals surface area (Å²) in [5.41, 5.74) is 8.29. The molecule has 1 aliphatic rings. The summed E-state index contributed by atoms with van der Waals surface area (Å²) in [6, 6.07) is 25.2. The molecule has 3 aromatic carbocycles. The van der Waals surface area contributed by atoms with Crippen LogP contribution in [0.25, 0.3) is 11.1 Å². The van der Waals surface area contributed by atoms with Gasteiger partial charge in [0.1, 0.15) is 5.75 Å². The molecule has 0 fully saturated rings. The molecule has 1 unspecified atom stereocenters. The number of carbonyl (C=O) groups is 2. The number of carbonyl (C=O) groups excluding carboxylic acids is 1. The van der Waals surface area contributed by atoms with Crippen molar-refractivity contribution in [2.75, 3.05) is 14.2 Å². The first kappa shape index (κ1) is 25.3. The monoisotopic (exact) mass is 485 g/mol. The molecule has 0 aliphatic carbocycles. The topological polar surface area (TPSA) is 105 Å². The quantitative estimate of drug-likeness (QED) is 0.581. The Morgan fingerprint density at radius 1 is 1.00 bits per heavy atom. The van der Waals surface area contributed by atoms with Crippen LogP contribution in [0.3, 0.4) is 0 Å². The zero-order chi connectivity index (χ0) is 25.8. The summed E-state index contributed by atoms with van der Waals surface area (Å²) in [6.45, 7) is 0. The van der Waals surface area contributed by atoms with Gasteiger partial charge in [-0.05, 0) is 28.8 Å². The van der Waals surface area contributed by atoms with Crippen LogP contribution in [0.5, 0.6) is 5.75 Å². The molecule has 0 aromatic heterocycles. The molecule has 1 atom stereocenters. The number of benzene rings is 3. The molecule has 1 amide bonds. The van der Waals surface area contributed by atoms with Crippen LogP contribution in [0, 0.1) is 0 Å². The Kier molecular flexibility index (Phi) is 7.14. The van der Waals surface area contributed by atoms with Crippen LogP contribution in [0.15, 0.2) is 83.9 Å². The van der Waals surface area contributed by atoms with E-state index in [0.29, 0.717) is 0 Å². The summed E-state index contributed by atoms with van der Waals surface area (Å²) in [5, 5.41) is 7.12. The predicted molar refractivity (Wildman–Crippen MR) is 124 cm³/mol. The molecular weight excluding hydrogens is 463 g/mol. The number of methoxy groups -OCH3 is 1. The summed E-state index contributed by atoms with van der Waals surface area (Å²) in [7, 11) is 3.30. The average molecular weight is 485 g/mol. The minimum atomic E-state index is -5.08. The van der Waals surface area contributed by atoms with Crippen LogP contribution < -0.4 is 10.5 Å². The van der Waals surface area contributed by atoms with Gasteiger partial charge in [-0.3, -0.25) is 9.69 Å². The molecule has 0 radical (unpaired) electrons. The van der Waals surface area contributed by atoms with Gasteiger partial charge in [0.15, 0.2) is 11.5 Å².